The predicted octanol–water partition coefficient (Wildman–Crippen LogP) is 3.52. The fourth-order valence-electron chi connectivity index (χ4n) is 4.55. The molecule has 188 valence electrons. The highest BCUT2D eigenvalue weighted by molar-refractivity contribution is 5.93. The first kappa shape index (κ1) is 23.9. The number of oxazole rings is 1. The zero-order valence-electron chi connectivity index (χ0n) is 20.5. The molecule has 0 saturated carbocycles. The maximum absolute atomic E-state index is 12.7. The van der Waals surface area contributed by atoms with Gasteiger partial charge in [0.15, 0.2) is 11.5 Å². The van der Waals surface area contributed by atoms with E-state index in [0.717, 1.165) is 37.1 Å². The molecule has 5 rings (SSSR count). The highest BCUT2D eigenvalue weighted by Gasteiger charge is 2.24. The fraction of sp³-hybridized carbons (Fsp3) is 0.370. The maximum Gasteiger partial charge on any atom is 0.231 e. The summed E-state index contributed by atoms with van der Waals surface area (Å²) in [5, 5.41) is 5.94. The Labute approximate surface area is 209 Å². The third kappa shape index (κ3) is 5.52. The lowest BCUT2D eigenvalue weighted by molar-refractivity contribution is -0.121. The Kier molecular flexibility index (Phi) is 6.90. The van der Waals surface area contributed by atoms with Crippen molar-refractivity contribution in [1.29, 1.82) is 0 Å². The first-order valence-electron chi connectivity index (χ1n) is 12.2. The smallest absolute Gasteiger partial charge is 0.231 e. The summed E-state index contributed by atoms with van der Waals surface area (Å²) in [6, 6.07) is 13.0. The molecule has 1 saturated heterocycles. The summed E-state index contributed by atoms with van der Waals surface area (Å²) in [6.07, 6.45) is 2.15. The topological polar surface area (TPSA) is 106 Å². The Morgan fingerprint density at radius 1 is 1.14 bits per heavy atom. The van der Waals surface area contributed by atoms with Gasteiger partial charge in [-0.05, 0) is 69.3 Å². The molecule has 2 amide bonds. The number of benzene rings is 2. The van der Waals surface area contributed by atoms with Crippen LogP contribution in [0.1, 0.15) is 29.9 Å². The molecule has 1 unspecified atom stereocenters. The van der Waals surface area contributed by atoms with E-state index in [2.05, 4.69) is 20.5 Å². The average molecular weight is 491 g/mol. The molecule has 1 atom stereocenters. The SMILES string of the molecule is Cc1oc(-c2cccc(NC(=O)C3CCCN(C)C3)c2)nc1CNC(=O)Cc1ccc2c(c1)OCO2. The minimum atomic E-state index is -0.129. The van der Waals surface area contributed by atoms with Crippen molar-refractivity contribution < 1.29 is 23.5 Å². The molecule has 0 radical (unpaired) electrons. The molecule has 2 aliphatic heterocycles. The Bertz CT molecular complexity index is 1270. The summed E-state index contributed by atoms with van der Waals surface area (Å²) in [4.78, 5) is 32.0. The number of ether oxygens (including phenoxy) is 2. The summed E-state index contributed by atoms with van der Waals surface area (Å²) < 4.78 is 16.6. The second-order valence-electron chi connectivity index (χ2n) is 9.33. The minimum absolute atomic E-state index is 0.00994. The Hall–Kier alpha value is -3.85. The summed E-state index contributed by atoms with van der Waals surface area (Å²) in [6.45, 7) is 4.08. The first-order valence-corrected chi connectivity index (χ1v) is 12.2. The molecule has 36 heavy (non-hydrogen) atoms. The van der Waals surface area contributed by atoms with Gasteiger partial charge in [0, 0.05) is 17.8 Å². The van der Waals surface area contributed by atoms with E-state index in [9.17, 15) is 9.59 Å². The van der Waals surface area contributed by atoms with Crippen LogP contribution in [0.2, 0.25) is 0 Å². The third-order valence-electron chi connectivity index (χ3n) is 6.52. The molecule has 9 nitrogen and oxygen atoms in total. The number of anilines is 1. The fourth-order valence-corrected chi connectivity index (χ4v) is 4.55. The monoisotopic (exact) mass is 490 g/mol. The minimum Gasteiger partial charge on any atom is -0.454 e. The van der Waals surface area contributed by atoms with Crippen LogP contribution in [0.25, 0.3) is 11.5 Å². The van der Waals surface area contributed by atoms with Gasteiger partial charge in [-0.1, -0.05) is 12.1 Å². The molecule has 2 aromatic carbocycles. The predicted molar refractivity (Wildman–Crippen MR) is 134 cm³/mol. The molecule has 3 heterocycles. The quantitative estimate of drug-likeness (QED) is 0.522. The first-order chi connectivity index (χ1) is 17.4. The molecule has 1 aromatic heterocycles. The molecule has 1 fully saturated rings. The zero-order chi connectivity index (χ0) is 25.1. The summed E-state index contributed by atoms with van der Waals surface area (Å²) in [5.41, 5.74) is 2.96. The number of fused-ring (bicyclic) bond motifs is 1. The number of likely N-dealkylation sites (tertiary alicyclic amines) is 1. The van der Waals surface area contributed by atoms with Crippen molar-refractivity contribution in [2.45, 2.75) is 32.7 Å². The highest BCUT2D eigenvalue weighted by atomic mass is 16.7. The number of hydrogen-bond acceptors (Lipinski definition) is 7. The van der Waals surface area contributed by atoms with Crippen LogP contribution in [0.5, 0.6) is 11.5 Å². The Morgan fingerprint density at radius 3 is 2.86 bits per heavy atom. The van der Waals surface area contributed by atoms with Crippen molar-refractivity contribution in [3.8, 4) is 23.0 Å². The molecule has 0 bridgehead atoms. The van der Waals surface area contributed by atoms with E-state index in [1.165, 1.54) is 0 Å². The second kappa shape index (κ2) is 10.4. The largest absolute Gasteiger partial charge is 0.454 e. The van der Waals surface area contributed by atoms with Crippen LogP contribution in [0.15, 0.2) is 46.9 Å². The van der Waals surface area contributed by atoms with Crippen molar-refractivity contribution >= 4 is 17.5 Å². The summed E-state index contributed by atoms with van der Waals surface area (Å²) >= 11 is 0. The van der Waals surface area contributed by atoms with Crippen molar-refractivity contribution in [3.05, 3.63) is 59.5 Å². The normalized spacial score (nSPS) is 17.1. The number of aromatic nitrogens is 1. The van der Waals surface area contributed by atoms with Crippen LogP contribution in [0.4, 0.5) is 5.69 Å². The number of aryl methyl sites for hydroxylation is 1. The summed E-state index contributed by atoms with van der Waals surface area (Å²) in [7, 11) is 2.04. The van der Waals surface area contributed by atoms with Gasteiger partial charge < -0.3 is 29.4 Å². The van der Waals surface area contributed by atoms with Crippen molar-refractivity contribution in [1.82, 2.24) is 15.2 Å². The van der Waals surface area contributed by atoms with Crippen molar-refractivity contribution in [2.75, 3.05) is 32.2 Å². The molecule has 9 heteroatoms. The van der Waals surface area contributed by atoms with Crippen LogP contribution in [0, 0.1) is 12.8 Å². The van der Waals surface area contributed by atoms with Crippen LogP contribution in [0.3, 0.4) is 0 Å². The highest BCUT2D eigenvalue weighted by Crippen LogP contribution is 2.32. The third-order valence-corrected chi connectivity index (χ3v) is 6.52. The van der Waals surface area contributed by atoms with Gasteiger partial charge in [0.05, 0.1) is 18.9 Å². The van der Waals surface area contributed by atoms with Crippen molar-refractivity contribution in [2.24, 2.45) is 5.92 Å². The van der Waals surface area contributed by atoms with E-state index >= 15 is 0 Å². The zero-order valence-corrected chi connectivity index (χ0v) is 20.5. The Balaban J connectivity index is 1.19. The Morgan fingerprint density at radius 2 is 2.00 bits per heavy atom. The van der Waals surface area contributed by atoms with E-state index < -0.39 is 0 Å². The van der Waals surface area contributed by atoms with Gasteiger partial charge in [0.2, 0.25) is 24.5 Å². The van der Waals surface area contributed by atoms with Gasteiger partial charge in [0.25, 0.3) is 0 Å². The molecule has 2 N–H and O–H groups in total. The molecule has 0 aliphatic carbocycles. The number of rotatable bonds is 7. The van der Waals surface area contributed by atoms with Gasteiger partial charge in [-0.15, -0.1) is 0 Å². The van der Waals surface area contributed by atoms with Crippen LogP contribution < -0.4 is 20.1 Å². The average Bonchev–Trinajstić information content (AvgIpc) is 3.49. The maximum atomic E-state index is 12.7. The molecule has 0 spiro atoms. The van der Waals surface area contributed by atoms with Crippen LogP contribution >= 0.6 is 0 Å². The van der Waals surface area contributed by atoms with Gasteiger partial charge in [-0.2, -0.15) is 0 Å². The number of hydrogen-bond donors (Lipinski definition) is 2. The van der Waals surface area contributed by atoms with Gasteiger partial charge in [0.1, 0.15) is 11.5 Å². The lowest BCUT2D eigenvalue weighted by atomic mass is 9.97. The van der Waals surface area contributed by atoms with Gasteiger partial charge in [-0.3, -0.25) is 9.59 Å². The number of nitrogens with zero attached hydrogens (tertiary/aromatic N) is 2. The van der Waals surface area contributed by atoms with E-state index in [1.54, 1.807) is 0 Å². The summed E-state index contributed by atoms with van der Waals surface area (Å²) in [5.74, 6) is 2.32. The molecule has 2 aliphatic rings. The van der Waals surface area contributed by atoms with Gasteiger partial charge in [-0.25, -0.2) is 4.98 Å². The van der Waals surface area contributed by atoms with Crippen LogP contribution in [-0.2, 0) is 22.6 Å². The van der Waals surface area contributed by atoms with Gasteiger partial charge >= 0.3 is 0 Å². The van der Waals surface area contributed by atoms with Crippen molar-refractivity contribution in [3.63, 3.8) is 0 Å². The molecular formula is C27H30N4O5. The number of carbonyl (C=O) groups excluding carboxylic acids is 2. The lowest BCUT2D eigenvalue weighted by Crippen LogP contribution is -2.38. The number of amides is 2. The molecular weight excluding hydrogens is 460 g/mol. The van der Waals surface area contributed by atoms with E-state index in [0.29, 0.717) is 34.5 Å². The standard InChI is InChI=1S/C27H30N4O5/c1-17-22(14-28-25(32)12-18-8-9-23-24(11-18)35-16-34-23)30-27(36-17)19-5-3-7-21(13-19)29-26(33)20-6-4-10-31(2)15-20/h3,5,7-9,11,13,20H,4,6,10,12,14-16H2,1-2H3,(H,28,32)(H,29,33). The van der Waals surface area contributed by atoms with E-state index in [-0.39, 0.29) is 37.5 Å². The number of nitrogens with one attached hydrogen (secondary N) is 2. The number of piperidine rings is 1. The molecule has 3 aromatic rings. The second-order valence-corrected chi connectivity index (χ2v) is 9.33. The van der Waals surface area contributed by atoms with Crippen LogP contribution in [-0.4, -0.2) is 48.6 Å². The lowest BCUT2D eigenvalue weighted by Gasteiger charge is -2.28. The van der Waals surface area contributed by atoms with E-state index in [4.69, 9.17) is 13.9 Å². The van der Waals surface area contributed by atoms with E-state index in [1.807, 2.05) is 56.4 Å². The number of carbonyl (C=O) groups is 2.